The van der Waals surface area contributed by atoms with Gasteiger partial charge in [-0.05, 0) is 12.1 Å². The maximum Gasteiger partial charge on any atom is 0.415 e. The third kappa shape index (κ3) is 4.42. The van der Waals surface area contributed by atoms with E-state index in [4.69, 9.17) is 14.2 Å². The zero-order chi connectivity index (χ0) is 12.7. The van der Waals surface area contributed by atoms with Crippen molar-refractivity contribution in [1.82, 2.24) is 4.90 Å². The Hall–Kier alpha value is -1.59. The van der Waals surface area contributed by atoms with Crippen LogP contribution in [-0.4, -0.2) is 45.1 Å². The average Bonchev–Trinajstić information content (AvgIpc) is 2.36. The number of hydrogen-bond acceptors (Lipinski definition) is 4. The number of carbonyl (C=O) groups is 1. The van der Waals surface area contributed by atoms with Crippen LogP contribution in [0, 0.1) is 0 Å². The van der Waals surface area contributed by atoms with Crippen molar-refractivity contribution in [3.63, 3.8) is 0 Å². The molecule has 0 unspecified atom stereocenters. The molecule has 0 aromatic heterocycles. The minimum Gasteiger partial charge on any atom is -0.410 e. The fourth-order valence-corrected chi connectivity index (χ4v) is 1.21. The van der Waals surface area contributed by atoms with Crippen LogP contribution in [0.15, 0.2) is 30.3 Å². The highest BCUT2D eigenvalue weighted by atomic mass is 16.7. The van der Waals surface area contributed by atoms with Gasteiger partial charge in [0.25, 0.3) is 0 Å². The fourth-order valence-electron chi connectivity index (χ4n) is 1.21. The van der Waals surface area contributed by atoms with Gasteiger partial charge in [0.15, 0.2) is 6.29 Å². The van der Waals surface area contributed by atoms with E-state index in [9.17, 15) is 4.79 Å². The quantitative estimate of drug-likeness (QED) is 0.734. The molecule has 5 nitrogen and oxygen atoms in total. The number of likely N-dealkylation sites (N-methyl/N-ethyl adjacent to an activating group) is 1. The van der Waals surface area contributed by atoms with Gasteiger partial charge in [0.2, 0.25) is 0 Å². The van der Waals surface area contributed by atoms with E-state index < -0.39 is 12.4 Å². The van der Waals surface area contributed by atoms with Gasteiger partial charge < -0.3 is 19.1 Å². The van der Waals surface area contributed by atoms with Crippen LogP contribution in [0.1, 0.15) is 0 Å². The van der Waals surface area contributed by atoms with Crippen LogP contribution in [0.5, 0.6) is 5.75 Å². The number of amides is 1. The number of methoxy groups -OCH3 is 2. The monoisotopic (exact) mass is 239 g/mol. The van der Waals surface area contributed by atoms with E-state index in [1.54, 1.807) is 31.3 Å². The lowest BCUT2D eigenvalue weighted by Crippen LogP contribution is -2.37. The Morgan fingerprint density at radius 3 is 2.35 bits per heavy atom. The Morgan fingerprint density at radius 1 is 1.24 bits per heavy atom. The number of carbonyl (C=O) groups excluding carboxylic acids is 1. The Bertz CT molecular complexity index is 338. The van der Waals surface area contributed by atoms with Crippen molar-refractivity contribution in [3.8, 4) is 5.75 Å². The van der Waals surface area contributed by atoms with E-state index in [1.165, 1.54) is 19.1 Å². The first-order valence-electron chi connectivity index (χ1n) is 5.21. The van der Waals surface area contributed by atoms with Crippen LogP contribution in [0.3, 0.4) is 0 Å². The van der Waals surface area contributed by atoms with E-state index in [0.717, 1.165) is 0 Å². The molecule has 0 saturated carbocycles. The van der Waals surface area contributed by atoms with Crippen LogP contribution in [-0.2, 0) is 9.47 Å². The molecule has 0 N–H and O–H groups in total. The third-order valence-corrected chi connectivity index (χ3v) is 2.21. The predicted molar refractivity (Wildman–Crippen MR) is 62.9 cm³/mol. The predicted octanol–water partition coefficient (Wildman–Crippen LogP) is 1.74. The van der Waals surface area contributed by atoms with Gasteiger partial charge in [-0.1, -0.05) is 18.2 Å². The summed E-state index contributed by atoms with van der Waals surface area (Å²) in [5.74, 6) is 0.510. The largest absolute Gasteiger partial charge is 0.415 e. The highest BCUT2D eigenvalue weighted by Crippen LogP contribution is 2.10. The summed E-state index contributed by atoms with van der Waals surface area (Å²) in [4.78, 5) is 13.1. The second-order valence-electron chi connectivity index (χ2n) is 3.46. The van der Waals surface area contributed by atoms with Crippen molar-refractivity contribution >= 4 is 6.09 Å². The molecule has 0 spiro atoms. The van der Waals surface area contributed by atoms with Crippen molar-refractivity contribution < 1.29 is 19.0 Å². The second-order valence-corrected chi connectivity index (χ2v) is 3.46. The number of ether oxygens (including phenoxy) is 3. The van der Waals surface area contributed by atoms with Crippen molar-refractivity contribution in [1.29, 1.82) is 0 Å². The summed E-state index contributed by atoms with van der Waals surface area (Å²) in [5.41, 5.74) is 0. The molecule has 0 atom stereocenters. The smallest absolute Gasteiger partial charge is 0.410 e. The molecule has 0 saturated heterocycles. The Labute approximate surface area is 101 Å². The third-order valence-electron chi connectivity index (χ3n) is 2.21. The summed E-state index contributed by atoms with van der Waals surface area (Å²) >= 11 is 0. The molecule has 94 valence electrons. The van der Waals surface area contributed by atoms with Crippen LogP contribution in [0.25, 0.3) is 0 Å². The van der Waals surface area contributed by atoms with Crippen LogP contribution in [0.2, 0.25) is 0 Å². The van der Waals surface area contributed by atoms with E-state index in [-0.39, 0.29) is 0 Å². The molecule has 0 aliphatic rings. The summed E-state index contributed by atoms with van der Waals surface area (Å²) in [6.07, 6.45) is -0.904. The van der Waals surface area contributed by atoms with E-state index in [0.29, 0.717) is 12.3 Å². The minimum atomic E-state index is -0.455. The zero-order valence-electron chi connectivity index (χ0n) is 10.3. The van der Waals surface area contributed by atoms with Crippen molar-refractivity contribution in [2.45, 2.75) is 6.29 Å². The lowest BCUT2D eigenvalue weighted by atomic mass is 10.3. The van der Waals surface area contributed by atoms with Crippen LogP contribution in [0.4, 0.5) is 4.79 Å². The molecule has 1 aromatic rings. The number of rotatable bonds is 5. The summed E-state index contributed by atoms with van der Waals surface area (Å²) in [6.45, 7) is 0.304. The van der Waals surface area contributed by atoms with Gasteiger partial charge in [-0.3, -0.25) is 0 Å². The van der Waals surface area contributed by atoms with Crippen molar-refractivity contribution in [2.24, 2.45) is 0 Å². The van der Waals surface area contributed by atoms with Gasteiger partial charge in [-0.2, -0.15) is 0 Å². The molecule has 0 fully saturated rings. The summed E-state index contributed by atoms with van der Waals surface area (Å²) < 4.78 is 15.1. The first kappa shape index (κ1) is 13.5. The van der Waals surface area contributed by atoms with Crippen LogP contribution >= 0.6 is 0 Å². The van der Waals surface area contributed by atoms with Gasteiger partial charge in [-0.15, -0.1) is 0 Å². The standard InChI is InChI=1S/C12H17NO4/c1-13(9-11(15-2)16-3)12(14)17-10-7-5-4-6-8-10/h4-8,11H,9H2,1-3H3. The van der Waals surface area contributed by atoms with E-state index in [2.05, 4.69) is 0 Å². The lowest BCUT2D eigenvalue weighted by molar-refractivity contribution is -0.110. The maximum atomic E-state index is 11.7. The number of nitrogens with zero attached hydrogens (tertiary/aromatic N) is 1. The summed E-state index contributed by atoms with van der Waals surface area (Å²) in [7, 11) is 4.66. The molecule has 17 heavy (non-hydrogen) atoms. The van der Waals surface area contributed by atoms with Gasteiger partial charge in [-0.25, -0.2) is 4.79 Å². The lowest BCUT2D eigenvalue weighted by Gasteiger charge is -2.21. The van der Waals surface area contributed by atoms with Gasteiger partial charge in [0.1, 0.15) is 5.75 Å². The molecule has 1 amide bonds. The minimum absolute atomic E-state index is 0.304. The molecule has 1 rings (SSSR count). The second kappa shape index (κ2) is 6.88. The fraction of sp³-hybridized carbons (Fsp3) is 0.417. The number of para-hydroxylation sites is 1. The topological polar surface area (TPSA) is 48.0 Å². The number of hydrogen-bond donors (Lipinski definition) is 0. The molecule has 0 aliphatic heterocycles. The molecule has 0 radical (unpaired) electrons. The first-order chi connectivity index (χ1) is 8.17. The Morgan fingerprint density at radius 2 is 1.82 bits per heavy atom. The van der Waals surface area contributed by atoms with Gasteiger partial charge >= 0.3 is 6.09 Å². The molecule has 0 bridgehead atoms. The zero-order valence-corrected chi connectivity index (χ0v) is 10.3. The highest BCUT2D eigenvalue weighted by molar-refractivity contribution is 5.70. The van der Waals surface area contributed by atoms with E-state index >= 15 is 0 Å². The van der Waals surface area contributed by atoms with Gasteiger partial charge in [0, 0.05) is 21.3 Å². The Balaban J connectivity index is 2.47. The van der Waals surface area contributed by atoms with Crippen LogP contribution < -0.4 is 4.74 Å². The van der Waals surface area contributed by atoms with E-state index in [1.807, 2.05) is 6.07 Å². The highest BCUT2D eigenvalue weighted by Gasteiger charge is 2.16. The molecule has 0 aliphatic carbocycles. The van der Waals surface area contributed by atoms with Crippen molar-refractivity contribution in [3.05, 3.63) is 30.3 Å². The molecular formula is C12H17NO4. The number of benzene rings is 1. The van der Waals surface area contributed by atoms with Crippen molar-refractivity contribution in [2.75, 3.05) is 27.8 Å². The molecule has 5 heteroatoms. The molecule has 0 heterocycles. The summed E-state index contributed by atoms with van der Waals surface area (Å²) in [5, 5.41) is 0. The maximum absolute atomic E-state index is 11.7. The first-order valence-corrected chi connectivity index (χ1v) is 5.21. The molecule has 1 aromatic carbocycles. The SMILES string of the molecule is COC(CN(C)C(=O)Oc1ccccc1)OC. The normalized spacial score (nSPS) is 10.4. The Kier molecular flexibility index (Phi) is 5.45. The summed E-state index contributed by atoms with van der Waals surface area (Å²) in [6, 6.07) is 8.89. The molecular weight excluding hydrogens is 222 g/mol. The average molecular weight is 239 g/mol. The van der Waals surface area contributed by atoms with Gasteiger partial charge in [0.05, 0.1) is 6.54 Å².